The van der Waals surface area contributed by atoms with E-state index in [4.69, 9.17) is 4.74 Å². The summed E-state index contributed by atoms with van der Waals surface area (Å²) >= 11 is 0. The fourth-order valence-corrected chi connectivity index (χ4v) is 3.35. The van der Waals surface area contributed by atoms with Crippen LogP contribution in [0.3, 0.4) is 0 Å². The molecule has 1 aromatic carbocycles. The maximum atomic E-state index is 12.3. The number of rotatable bonds is 11. The standard InChI is InChI=1S/C21H32N4O5/c1-16(2)30-14-4-10-22-21(27)17-7-11-24(12-8-17)13-9-20(26)23-18-5-3-6-19(15-18)25(28)29/h3,5-6,15-17H,4,7-14H2,1-2H3,(H,22,27)(H,23,26). The number of nitro groups is 1. The second-order valence-electron chi connectivity index (χ2n) is 7.79. The fraction of sp³-hybridized carbons (Fsp3) is 0.619. The van der Waals surface area contributed by atoms with E-state index in [0.717, 1.165) is 32.4 Å². The van der Waals surface area contributed by atoms with Crippen LogP contribution in [0.5, 0.6) is 0 Å². The maximum absolute atomic E-state index is 12.3. The predicted octanol–water partition coefficient (Wildman–Crippen LogP) is 2.57. The molecule has 1 aromatic rings. The Morgan fingerprint density at radius 3 is 2.70 bits per heavy atom. The first-order valence-electron chi connectivity index (χ1n) is 10.5. The van der Waals surface area contributed by atoms with E-state index in [1.165, 1.54) is 12.1 Å². The van der Waals surface area contributed by atoms with Gasteiger partial charge < -0.3 is 20.3 Å². The normalized spacial score (nSPS) is 15.2. The van der Waals surface area contributed by atoms with Crippen LogP contribution in [-0.2, 0) is 14.3 Å². The molecule has 1 heterocycles. The van der Waals surface area contributed by atoms with Crippen molar-refractivity contribution in [2.75, 3.05) is 38.1 Å². The summed E-state index contributed by atoms with van der Waals surface area (Å²) in [5.74, 6) is -0.0624. The lowest BCUT2D eigenvalue weighted by molar-refractivity contribution is -0.384. The minimum Gasteiger partial charge on any atom is -0.379 e. The van der Waals surface area contributed by atoms with Gasteiger partial charge in [0.05, 0.1) is 11.0 Å². The number of hydrogen-bond donors (Lipinski definition) is 2. The molecule has 0 saturated carbocycles. The second-order valence-corrected chi connectivity index (χ2v) is 7.79. The third-order valence-corrected chi connectivity index (χ3v) is 5.03. The van der Waals surface area contributed by atoms with E-state index in [2.05, 4.69) is 15.5 Å². The smallest absolute Gasteiger partial charge is 0.271 e. The molecule has 0 spiro atoms. The summed E-state index contributed by atoms with van der Waals surface area (Å²) in [5, 5.41) is 16.5. The van der Waals surface area contributed by atoms with Crippen molar-refractivity contribution in [3.8, 4) is 0 Å². The number of piperidine rings is 1. The summed E-state index contributed by atoms with van der Waals surface area (Å²) in [6.07, 6.45) is 2.87. The number of nitrogens with one attached hydrogen (secondary N) is 2. The van der Waals surface area contributed by atoms with Crippen LogP contribution in [0, 0.1) is 16.0 Å². The lowest BCUT2D eigenvalue weighted by atomic mass is 9.96. The van der Waals surface area contributed by atoms with Gasteiger partial charge in [0.15, 0.2) is 0 Å². The average Bonchev–Trinajstić information content (AvgIpc) is 2.72. The van der Waals surface area contributed by atoms with Crippen LogP contribution in [0.25, 0.3) is 0 Å². The monoisotopic (exact) mass is 420 g/mol. The Kier molecular flexibility index (Phi) is 9.69. The van der Waals surface area contributed by atoms with Crippen molar-refractivity contribution in [1.82, 2.24) is 10.2 Å². The number of benzene rings is 1. The third kappa shape index (κ3) is 8.46. The summed E-state index contributed by atoms with van der Waals surface area (Å²) in [6.45, 7) is 7.41. The zero-order valence-electron chi connectivity index (χ0n) is 17.8. The van der Waals surface area contributed by atoms with Gasteiger partial charge in [-0.1, -0.05) is 6.07 Å². The van der Waals surface area contributed by atoms with Crippen molar-refractivity contribution in [3.05, 3.63) is 34.4 Å². The molecule has 9 nitrogen and oxygen atoms in total. The molecular formula is C21H32N4O5. The number of carbonyl (C=O) groups is 2. The SMILES string of the molecule is CC(C)OCCCNC(=O)C1CCN(CCC(=O)Nc2cccc([N+](=O)[O-])c2)CC1. The maximum Gasteiger partial charge on any atom is 0.271 e. The number of nitro benzene ring substituents is 1. The first-order chi connectivity index (χ1) is 14.3. The van der Waals surface area contributed by atoms with E-state index in [9.17, 15) is 19.7 Å². The Bertz CT molecular complexity index is 717. The van der Waals surface area contributed by atoms with Gasteiger partial charge in [-0.25, -0.2) is 0 Å². The van der Waals surface area contributed by atoms with Gasteiger partial charge in [-0.15, -0.1) is 0 Å². The molecule has 1 fully saturated rings. The molecule has 1 aliphatic rings. The van der Waals surface area contributed by atoms with Crippen LogP contribution in [0.2, 0.25) is 0 Å². The first-order valence-corrected chi connectivity index (χ1v) is 10.5. The molecule has 0 atom stereocenters. The Hall–Kier alpha value is -2.52. The number of non-ortho nitro benzene ring substituents is 1. The first kappa shape index (κ1) is 23.8. The van der Waals surface area contributed by atoms with Gasteiger partial charge >= 0.3 is 0 Å². The minimum absolute atomic E-state index is 0.0194. The highest BCUT2D eigenvalue weighted by molar-refractivity contribution is 5.91. The van der Waals surface area contributed by atoms with Crippen molar-refractivity contribution in [2.24, 2.45) is 5.92 Å². The van der Waals surface area contributed by atoms with Crippen LogP contribution < -0.4 is 10.6 Å². The van der Waals surface area contributed by atoms with Crippen LogP contribution in [0.15, 0.2) is 24.3 Å². The molecule has 1 aliphatic heterocycles. The molecule has 0 aliphatic carbocycles. The van der Waals surface area contributed by atoms with Gasteiger partial charge in [-0.3, -0.25) is 19.7 Å². The number of nitrogens with zero attached hydrogens (tertiary/aromatic N) is 2. The molecule has 0 aromatic heterocycles. The molecule has 0 radical (unpaired) electrons. The molecule has 0 unspecified atom stereocenters. The van der Waals surface area contributed by atoms with Gasteiger partial charge in [0.1, 0.15) is 0 Å². The number of hydrogen-bond acceptors (Lipinski definition) is 6. The Balaban J connectivity index is 1.62. The van der Waals surface area contributed by atoms with Crippen molar-refractivity contribution < 1.29 is 19.2 Å². The topological polar surface area (TPSA) is 114 Å². The van der Waals surface area contributed by atoms with Gasteiger partial charge in [-0.05, 0) is 52.3 Å². The lowest BCUT2D eigenvalue weighted by Gasteiger charge is -2.31. The molecule has 30 heavy (non-hydrogen) atoms. The number of ether oxygens (including phenoxy) is 1. The average molecular weight is 421 g/mol. The van der Waals surface area contributed by atoms with Crippen molar-refractivity contribution in [1.29, 1.82) is 0 Å². The highest BCUT2D eigenvalue weighted by Crippen LogP contribution is 2.19. The molecule has 2 amide bonds. The van der Waals surface area contributed by atoms with Gasteiger partial charge in [-0.2, -0.15) is 0 Å². The molecule has 166 valence electrons. The molecule has 2 N–H and O–H groups in total. The van der Waals surface area contributed by atoms with Gasteiger partial charge in [0.25, 0.3) is 5.69 Å². The lowest BCUT2D eigenvalue weighted by Crippen LogP contribution is -2.41. The van der Waals surface area contributed by atoms with Gasteiger partial charge in [0.2, 0.25) is 11.8 Å². The number of anilines is 1. The summed E-state index contributed by atoms with van der Waals surface area (Å²) in [6, 6.07) is 5.90. The molecule has 2 rings (SSSR count). The van der Waals surface area contributed by atoms with E-state index >= 15 is 0 Å². The zero-order chi connectivity index (χ0) is 21.9. The largest absolute Gasteiger partial charge is 0.379 e. The third-order valence-electron chi connectivity index (χ3n) is 5.03. The minimum atomic E-state index is -0.491. The number of amides is 2. The highest BCUT2D eigenvalue weighted by atomic mass is 16.6. The van der Waals surface area contributed by atoms with Crippen LogP contribution in [-0.4, -0.2) is 60.5 Å². The van der Waals surface area contributed by atoms with E-state index in [1.807, 2.05) is 13.8 Å². The van der Waals surface area contributed by atoms with Crippen LogP contribution in [0.4, 0.5) is 11.4 Å². The summed E-state index contributed by atoms with van der Waals surface area (Å²) < 4.78 is 5.46. The Morgan fingerprint density at radius 2 is 2.03 bits per heavy atom. The van der Waals surface area contributed by atoms with E-state index in [-0.39, 0.29) is 29.5 Å². The number of carbonyl (C=O) groups excluding carboxylic acids is 2. The van der Waals surface area contributed by atoms with Crippen molar-refractivity contribution >= 4 is 23.2 Å². The van der Waals surface area contributed by atoms with E-state index in [1.54, 1.807) is 12.1 Å². The molecule has 9 heteroatoms. The zero-order valence-corrected chi connectivity index (χ0v) is 17.8. The molecule has 0 bridgehead atoms. The Labute approximate surface area is 177 Å². The summed E-state index contributed by atoms with van der Waals surface area (Å²) in [4.78, 5) is 36.9. The van der Waals surface area contributed by atoms with Crippen molar-refractivity contribution in [3.63, 3.8) is 0 Å². The summed E-state index contributed by atoms with van der Waals surface area (Å²) in [5.41, 5.74) is 0.365. The summed E-state index contributed by atoms with van der Waals surface area (Å²) in [7, 11) is 0. The Morgan fingerprint density at radius 1 is 1.30 bits per heavy atom. The van der Waals surface area contributed by atoms with E-state index in [0.29, 0.717) is 31.8 Å². The van der Waals surface area contributed by atoms with Crippen molar-refractivity contribution in [2.45, 2.75) is 45.6 Å². The number of likely N-dealkylation sites (tertiary alicyclic amines) is 1. The van der Waals surface area contributed by atoms with Gasteiger partial charge in [0, 0.05) is 49.9 Å². The second kappa shape index (κ2) is 12.2. The van der Waals surface area contributed by atoms with Crippen LogP contribution >= 0.6 is 0 Å². The fourth-order valence-electron chi connectivity index (χ4n) is 3.35. The molecular weight excluding hydrogens is 388 g/mol. The van der Waals surface area contributed by atoms with Crippen LogP contribution in [0.1, 0.15) is 39.5 Å². The van der Waals surface area contributed by atoms with E-state index < -0.39 is 4.92 Å². The quantitative estimate of drug-likeness (QED) is 0.323. The molecule has 1 saturated heterocycles. The highest BCUT2D eigenvalue weighted by Gasteiger charge is 2.24. The predicted molar refractivity (Wildman–Crippen MR) is 114 cm³/mol.